The monoisotopic (exact) mass is 130 g/mol. The van der Waals surface area contributed by atoms with Crippen LogP contribution in [0.4, 0.5) is 4.39 Å². The number of rotatable bonds is 4. The third-order valence-electron chi connectivity index (χ3n) is 0.900. The fraction of sp³-hybridized carbons (Fsp3) is 0.571. The van der Waals surface area contributed by atoms with E-state index in [1.807, 2.05) is 13.0 Å². The van der Waals surface area contributed by atoms with Crippen molar-refractivity contribution in [1.82, 2.24) is 0 Å². The van der Waals surface area contributed by atoms with Gasteiger partial charge in [0.1, 0.15) is 0 Å². The average molecular weight is 130 g/mol. The maximum atomic E-state index is 11.4. The van der Waals surface area contributed by atoms with Crippen LogP contribution in [0.1, 0.15) is 26.2 Å². The summed E-state index contributed by atoms with van der Waals surface area (Å²) in [6.07, 6.45) is 5.27. The second-order valence-electron chi connectivity index (χ2n) is 1.82. The molecule has 0 heterocycles. The number of unbranched alkanes of at least 4 members (excludes halogenated alkanes) is 1. The molecule has 0 radical (unpaired) electrons. The van der Waals surface area contributed by atoms with Crippen LogP contribution in [0.15, 0.2) is 12.2 Å². The van der Waals surface area contributed by atoms with Crippen LogP contribution < -0.4 is 0 Å². The third-order valence-corrected chi connectivity index (χ3v) is 0.900. The van der Waals surface area contributed by atoms with Gasteiger partial charge >= 0.3 is 6.04 Å². The lowest BCUT2D eigenvalue weighted by atomic mass is 10.3. The SMILES string of the molecule is CCC/C=C/CC(=O)F. The minimum atomic E-state index is -1.26. The summed E-state index contributed by atoms with van der Waals surface area (Å²) in [5.74, 6) is 0. The molecule has 0 aromatic heterocycles. The van der Waals surface area contributed by atoms with Gasteiger partial charge in [-0.05, 0) is 6.42 Å². The van der Waals surface area contributed by atoms with Crippen LogP contribution in [-0.2, 0) is 4.79 Å². The minimum absolute atomic E-state index is 0.0694. The Bertz CT molecular complexity index is 107. The van der Waals surface area contributed by atoms with Gasteiger partial charge in [-0.2, -0.15) is 4.39 Å². The van der Waals surface area contributed by atoms with Gasteiger partial charge < -0.3 is 0 Å². The Hall–Kier alpha value is -0.660. The number of carbonyl (C=O) groups is 1. The van der Waals surface area contributed by atoms with Crippen molar-refractivity contribution < 1.29 is 9.18 Å². The molecule has 9 heavy (non-hydrogen) atoms. The van der Waals surface area contributed by atoms with E-state index in [1.165, 1.54) is 0 Å². The lowest BCUT2D eigenvalue weighted by Crippen LogP contribution is -1.80. The molecule has 0 aliphatic heterocycles. The summed E-state index contributed by atoms with van der Waals surface area (Å²) < 4.78 is 11.4. The number of halogens is 1. The van der Waals surface area contributed by atoms with E-state index in [0.29, 0.717) is 0 Å². The van der Waals surface area contributed by atoms with Crippen molar-refractivity contribution in [3.8, 4) is 0 Å². The molecule has 0 saturated heterocycles. The summed E-state index contributed by atoms with van der Waals surface area (Å²) in [5.41, 5.74) is 0. The minimum Gasteiger partial charge on any atom is -0.261 e. The summed E-state index contributed by atoms with van der Waals surface area (Å²) in [4.78, 5) is 9.69. The van der Waals surface area contributed by atoms with Crippen LogP contribution in [0.5, 0.6) is 0 Å². The molecular weight excluding hydrogens is 119 g/mol. The predicted molar refractivity (Wildman–Crippen MR) is 34.8 cm³/mol. The van der Waals surface area contributed by atoms with Crippen molar-refractivity contribution in [1.29, 1.82) is 0 Å². The van der Waals surface area contributed by atoms with Crippen LogP contribution in [0, 0.1) is 0 Å². The Balaban J connectivity index is 3.14. The molecule has 0 aromatic carbocycles. The lowest BCUT2D eigenvalue weighted by molar-refractivity contribution is -0.128. The molecule has 0 rings (SSSR count). The summed E-state index contributed by atoms with van der Waals surface area (Å²) in [6.45, 7) is 2.03. The topological polar surface area (TPSA) is 17.1 Å². The molecule has 0 amide bonds. The molecule has 0 atom stereocenters. The van der Waals surface area contributed by atoms with E-state index in [-0.39, 0.29) is 6.42 Å². The second kappa shape index (κ2) is 5.48. The molecule has 0 saturated carbocycles. The third kappa shape index (κ3) is 7.34. The van der Waals surface area contributed by atoms with Crippen molar-refractivity contribution in [3.63, 3.8) is 0 Å². The van der Waals surface area contributed by atoms with E-state index in [1.54, 1.807) is 6.08 Å². The Labute approximate surface area is 54.6 Å². The number of allylic oxidation sites excluding steroid dienone is 2. The van der Waals surface area contributed by atoms with E-state index in [0.717, 1.165) is 12.8 Å². The highest BCUT2D eigenvalue weighted by Gasteiger charge is 1.89. The Kier molecular flexibility index (Phi) is 5.07. The highest BCUT2D eigenvalue weighted by Crippen LogP contribution is 1.91. The highest BCUT2D eigenvalue weighted by molar-refractivity contribution is 5.69. The summed E-state index contributed by atoms with van der Waals surface area (Å²) >= 11 is 0. The van der Waals surface area contributed by atoms with E-state index in [9.17, 15) is 9.18 Å². The van der Waals surface area contributed by atoms with Gasteiger partial charge in [-0.15, -0.1) is 0 Å². The normalized spacial score (nSPS) is 10.4. The first-order valence-corrected chi connectivity index (χ1v) is 3.10. The molecule has 0 aliphatic carbocycles. The smallest absolute Gasteiger partial charge is 0.261 e. The molecule has 52 valence electrons. The van der Waals surface area contributed by atoms with Crippen LogP contribution in [0.3, 0.4) is 0 Å². The number of hydrogen-bond donors (Lipinski definition) is 0. The second-order valence-corrected chi connectivity index (χ2v) is 1.82. The van der Waals surface area contributed by atoms with Gasteiger partial charge in [0, 0.05) is 0 Å². The zero-order valence-corrected chi connectivity index (χ0v) is 5.56. The number of hydrogen-bond acceptors (Lipinski definition) is 1. The molecule has 2 heteroatoms. The largest absolute Gasteiger partial charge is 0.305 e. The van der Waals surface area contributed by atoms with Gasteiger partial charge in [-0.3, -0.25) is 4.79 Å². The van der Waals surface area contributed by atoms with Gasteiger partial charge in [0.25, 0.3) is 0 Å². The van der Waals surface area contributed by atoms with Crippen LogP contribution in [0.2, 0.25) is 0 Å². The van der Waals surface area contributed by atoms with E-state index >= 15 is 0 Å². The van der Waals surface area contributed by atoms with Crippen molar-refractivity contribution in [2.45, 2.75) is 26.2 Å². The fourth-order valence-corrected chi connectivity index (χ4v) is 0.461. The van der Waals surface area contributed by atoms with Crippen molar-refractivity contribution in [2.75, 3.05) is 0 Å². The van der Waals surface area contributed by atoms with E-state index in [4.69, 9.17) is 0 Å². The highest BCUT2D eigenvalue weighted by atomic mass is 19.1. The quantitative estimate of drug-likeness (QED) is 0.421. The molecule has 0 unspecified atom stereocenters. The van der Waals surface area contributed by atoms with Gasteiger partial charge in [0.2, 0.25) is 0 Å². The average Bonchev–Trinajstić information content (AvgIpc) is 1.80. The Morgan fingerprint density at radius 2 is 2.22 bits per heavy atom. The first-order valence-electron chi connectivity index (χ1n) is 3.10. The lowest BCUT2D eigenvalue weighted by Gasteiger charge is -1.81. The zero-order chi connectivity index (χ0) is 7.11. The van der Waals surface area contributed by atoms with Crippen LogP contribution in [-0.4, -0.2) is 6.04 Å². The maximum Gasteiger partial charge on any atom is 0.305 e. The molecule has 0 spiro atoms. The molecule has 0 fully saturated rings. The van der Waals surface area contributed by atoms with E-state index < -0.39 is 6.04 Å². The maximum absolute atomic E-state index is 11.4. The Morgan fingerprint density at radius 3 is 2.67 bits per heavy atom. The van der Waals surface area contributed by atoms with Crippen molar-refractivity contribution >= 4 is 6.04 Å². The van der Waals surface area contributed by atoms with E-state index in [2.05, 4.69) is 0 Å². The first-order chi connectivity index (χ1) is 4.27. The van der Waals surface area contributed by atoms with Gasteiger partial charge in [0.15, 0.2) is 0 Å². The van der Waals surface area contributed by atoms with Gasteiger partial charge in [0.05, 0.1) is 6.42 Å². The zero-order valence-electron chi connectivity index (χ0n) is 5.56. The van der Waals surface area contributed by atoms with Gasteiger partial charge in [-0.25, -0.2) is 0 Å². The van der Waals surface area contributed by atoms with Gasteiger partial charge in [-0.1, -0.05) is 25.5 Å². The predicted octanol–water partition coefficient (Wildman–Crippen LogP) is 2.23. The van der Waals surface area contributed by atoms with Crippen molar-refractivity contribution in [2.24, 2.45) is 0 Å². The first kappa shape index (κ1) is 8.34. The van der Waals surface area contributed by atoms with Crippen LogP contribution in [0.25, 0.3) is 0 Å². The molecule has 0 N–H and O–H groups in total. The standard InChI is InChI=1S/C7H11FO/c1-2-3-4-5-6-7(8)9/h4-5H,2-3,6H2,1H3/b5-4+. The molecule has 1 nitrogen and oxygen atoms in total. The molecular formula is C7H11FO. The van der Waals surface area contributed by atoms with Crippen LogP contribution >= 0.6 is 0 Å². The summed E-state index contributed by atoms with van der Waals surface area (Å²) in [6, 6.07) is -1.26. The summed E-state index contributed by atoms with van der Waals surface area (Å²) in [5, 5.41) is 0. The molecule has 0 aromatic rings. The summed E-state index contributed by atoms with van der Waals surface area (Å²) in [7, 11) is 0. The Morgan fingerprint density at radius 1 is 1.56 bits per heavy atom. The fourth-order valence-electron chi connectivity index (χ4n) is 0.461. The molecule has 0 bridgehead atoms. The molecule has 0 aliphatic rings. The van der Waals surface area contributed by atoms with Crippen molar-refractivity contribution in [3.05, 3.63) is 12.2 Å². The number of carbonyl (C=O) groups excluding carboxylic acids is 1.